The predicted octanol–water partition coefficient (Wildman–Crippen LogP) is 3.09. The number of hydrogen-bond acceptors (Lipinski definition) is 5. The zero-order valence-electron chi connectivity index (χ0n) is 21.0. The zero-order valence-corrected chi connectivity index (χ0v) is 21.0. The van der Waals surface area contributed by atoms with E-state index in [1.54, 1.807) is 0 Å². The van der Waals surface area contributed by atoms with Crippen LogP contribution in [0, 0.1) is 5.41 Å². The second-order valence-corrected chi connectivity index (χ2v) is 10.5. The zero-order chi connectivity index (χ0) is 26.0. The van der Waals surface area contributed by atoms with Crippen LogP contribution in [0.2, 0.25) is 0 Å². The second kappa shape index (κ2) is 10.4. The van der Waals surface area contributed by atoms with Gasteiger partial charge in [0.05, 0.1) is 11.8 Å². The van der Waals surface area contributed by atoms with Crippen LogP contribution in [-0.4, -0.2) is 65.1 Å². The molecule has 5 rings (SSSR count). The molecule has 0 spiro atoms. The van der Waals surface area contributed by atoms with Crippen LogP contribution < -0.4 is 5.32 Å². The van der Waals surface area contributed by atoms with Crippen molar-refractivity contribution in [3.8, 4) is 0 Å². The van der Waals surface area contributed by atoms with E-state index in [0.29, 0.717) is 12.8 Å². The summed E-state index contributed by atoms with van der Waals surface area (Å²) in [5.41, 5.74) is 2.63. The van der Waals surface area contributed by atoms with Gasteiger partial charge in [-0.05, 0) is 55.5 Å². The molecule has 1 atom stereocenters. The molecule has 8 heteroatoms. The van der Waals surface area contributed by atoms with E-state index in [9.17, 15) is 19.5 Å². The Morgan fingerprint density at radius 2 is 1.73 bits per heavy atom. The number of carboxylic acids is 1. The van der Waals surface area contributed by atoms with Crippen LogP contribution in [0.3, 0.4) is 0 Å². The normalized spacial score (nSPS) is 18.3. The number of H-pyrrole nitrogens is 1. The van der Waals surface area contributed by atoms with Crippen molar-refractivity contribution < 1.29 is 24.2 Å². The van der Waals surface area contributed by atoms with Crippen molar-refractivity contribution in [2.45, 2.75) is 50.7 Å². The van der Waals surface area contributed by atoms with E-state index in [4.69, 9.17) is 4.74 Å². The van der Waals surface area contributed by atoms with Crippen molar-refractivity contribution in [1.29, 1.82) is 0 Å². The van der Waals surface area contributed by atoms with Gasteiger partial charge in [-0.2, -0.15) is 0 Å². The molecule has 0 saturated carbocycles. The predicted molar refractivity (Wildman–Crippen MR) is 139 cm³/mol. The number of likely N-dealkylation sites (tertiary alicyclic amines) is 1. The summed E-state index contributed by atoms with van der Waals surface area (Å²) in [5, 5.41) is 13.6. The summed E-state index contributed by atoms with van der Waals surface area (Å²) in [6.45, 7) is 1.69. The molecule has 1 fully saturated rings. The lowest BCUT2D eigenvalue weighted by atomic mass is 9.80. The number of hydrogen-bond donors (Lipinski definition) is 3. The maximum Gasteiger partial charge on any atom is 0.329 e. The van der Waals surface area contributed by atoms with E-state index in [1.165, 1.54) is 0 Å². The largest absolute Gasteiger partial charge is 0.481 e. The number of esters is 1. The lowest BCUT2D eigenvalue weighted by molar-refractivity contribution is -0.156. The van der Waals surface area contributed by atoms with Crippen molar-refractivity contribution in [2.24, 2.45) is 5.41 Å². The van der Waals surface area contributed by atoms with Gasteiger partial charge in [-0.25, -0.2) is 4.79 Å². The van der Waals surface area contributed by atoms with Crippen LogP contribution in [0.5, 0.6) is 0 Å². The second-order valence-electron chi connectivity index (χ2n) is 10.5. The summed E-state index contributed by atoms with van der Waals surface area (Å²) < 4.78 is 5.90. The lowest BCUT2D eigenvalue weighted by Crippen LogP contribution is -2.52. The molecule has 1 aliphatic heterocycles. The van der Waals surface area contributed by atoms with Crippen LogP contribution in [0.4, 0.5) is 0 Å². The summed E-state index contributed by atoms with van der Waals surface area (Å²) in [6, 6.07) is 14.5. The maximum atomic E-state index is 13.8. The number of carboxylic acid groups (broad SMARTS) is 1. The van der Waals surface area contributed by atoms with Gasteiger partial charge in [0.2, 0.25) is 5.91 Å². The third kappa shape index (κ3) is 5.39. The molecule has 1 aliphatic carbocycles. The average molecular weight is 504 g/mol. The molecule has 0 unspecified atom stereocenters. The standard InChI is InChI=1S/C29H33N3O5/c1-32-12-10-22(11-13-32)37-27(35)25(14-21-18-30-24-9-5-4-8-23(21)24)31-28(36)29(17-26(33)34)15-19-6-2-3-7-20(19)16-29/h2-9,18,22,25,30H,10-17H2,1H3,(H,31,36)(H,33,34)/t25-/m0/s1. The Hall–Kier alpha value is -3.65. The van der Waals surface area contributed by atoms with Crippen LogP contribution in [-0.2, 0) is 38.4 Å². The van der Waals surface area contributed by atoms with Gasteiger partial charge in [-0.3, -0.25) is 9.59 Å². The minimum atomic E-state index is -1.15. The Bertz CT molecular complexity index is 1280. The van der Waals surface area contributed by atoms with E-state index in [-0.39, 0.29) is 18.9 Å². The van der Waals surface area contributed by atoms with Gasteiger partial charge in [0.25, 0.3) is 0 Å². The quantitative estimate of drug-likeness (QED) is 0.408. The number of benzene rings is 2. The van der Waals surface area contributed by atoms with Gasteiger partial charge >= 0.3 is 11.9 Å². The van der Waals surface area contributed by atoms with E-state index in [1.807, 2.05) is 61.8 Å². The Morgan fingerprint density at radius 1 is 1.08 bits per heavy atom. The molecule has 8 nitrogen and oxygen atoms in total. The first-order chi connectivity index (χ1) is 17.8. The Morgan fingerprint density at radius 3 is 2.41 bits per heavy atom. The summed E-state index contributed by atoms with van der Waals surface area (Å²) in [4.78, 5) is 44.6. The van der Waals surface area contributed by atoms with Crippen LogP contribution >= 0.6 is 0 Å². The monoisotopic (exact) mass is 503 g/mol. The van der Waals surface area contributed by atoms with Gasteiger partial charge in [-0.15, -0.1) is 0 Å². The number of fused-ring (bicyclic) bond motifs is 2. The Kier molecular flexibility index (Phi) is 7.02. The fourth-order valence-corrected chi connectivity index (χ4v) is 5.72. The fraction of sp³-hybridized carbons (Fsp3) is 0.414. The highest BCUT2D eigenvalue weighted by atomic mass is 16.5. The first kappa shape index (κ1) is 25.0. The van der Waals surface area contributed by atoms with Gasteiger partial charge in [0.15, 0.2) is 0 Å². The molecule has 2 aromatic carbocycles. The smallest absolute Gasteiger partial charge is 0.329 e. The molecule has 1 amide bonds. The van der Waals surface area contributed by atoms with E-state index < -0.39 is 29.3 Å². The maximum absolute atomic E-state index is 13.8. The van der Waals surface area contributed by atoms with Crippen molar-refractivity contribution in [1.82, 2.24) is 15.2 Å². The topological polar surface area (TPSA) is 112 Å². The first-order valence-corrected chi connectivity index (χ1v) is 12.9. The lowest BCUT2D eigenvalue weighted by Gasteiger charge is -2.31. The number of nitrogens with zero attached hydrogens (tertiary/aromatic N) is 1. The van der Waals surface area contributed by atoms with E-state index in [0.717, 1.165) is 53.5 Å². The van der Waals surface area contributed by atoms with Gasteiger partial charge < -0.3 is 25.0 Å². The number of para-hydroxylation sites is 1. The molecule has 2 heterocycles. The summed E-state index contributed by atoms with van der Waals surface area (Å²) >= 11 is 0. The SMILES string of the molecule is CN1CCC(OC(=O)[C@H](Cc2c[nH]c3ccccc23)NC(=O)C2(CC(=O)O)Cc3ccccc3C2)CC1. The number of carbonyl (C=O) groups excluding carboxylic acids is 2. The van der Waals surface area contributed by atoms with Crippen LogP contribution in [0.1, 0.15) is 36.0 Å². The average Bonchev–Trinajstić information content (AvgIpc) is 3.46. The Balaban J connectivity index is 1.40. The molecular weight excluding hydrogens is 470 g/mol. The molecule has 1 saturated heterocycles. The van der Waals surface area contributed by atoms with Crippen molar-refractivity contribution in [3.05, 3.63) is 71.4 Å². The Labute approximate surface area is 216 Å². The minimum absolute atomic E-state index is 0.199. The fourth-order valence-electron chi connectivity index (χ4n) is 5.72. The number of amides is 1. The van der Waals surface area contributed by atoms with Crippen molar-refractivity contribution >= 4 is 28.7 Å². The van der Waals surface area contributed by atoms with Gasteiger partial charge in [-0.1, -0.05) is 42.5 Å². The molecule has 194 valence electrons. The van der Waals surface area contributed by atoms with Gasteiger partial charge in [0, 0.05) is 36.6 Å². The number of carbonyl (C=O) groups is 3. The van der Waals surface area contributed by atoms with Crippen LogP contribution in [0.25, 0.3) is 10.9 Å². The first-order valence-electron chi connectivity index (χ1n) is 12.9. The molecule has 0 radical (unpaired) electrons. The highest BCUT2D eigenvalue weighted by Gasteiger charge is 2.46. The minimum Gasteiger partial charge on any atom is -0.481 e. The third-order valence-electron chi connectivity index (χ3n) is 7.78. The highest BCUT2D eigenvalue weighted by molar-refractivity contribution is 5.92. The van der Waals surface area contributed by atoms with E-state index >= 15 is 0 Å². The molecule has 2 aliphatic rings. The van der Waals surface area contributed by atoms with Crippen LogP contribution in [0.15, 0.2) is 54.7 Å². The number of rotatable bonds is 8. The van der Waals surface area contributed by atoms with Gasteiger partial charge in [0.1, 0.15) is 12.1 Å². The summed E-state index contributed by atoms with van der Waals surface area (Å²) in [5.74, 6) is -1.93. The molecule has 3 aromatic rings. The summed E-state index contributed by atoms with van der Waals surface area (Å²) in [7, 11) is 2.04. The molecule has 3 N–H and O–H groups in total. The number of nitrogens with one attached hydrogen (secondary N) is 2. The van der Waals surface area contributed by atoms with Crippen molar-refractivity contribution in [2.75, 3.05) is 20.1 Å². The number of piperidine rings is 1. The summed E-state index contributed by atoms with van der Waals surface area (Å²) in [6.07, 6.45) is 3.73. The molecule has 37 heavy (non-hydrogen) atoms. The number of aliphatic carboxylic acids is 1. The highest BCUT2D eigenvalue weighted by Crippen LogP contribution is 2.40. The van der Waals surface area contributed by atoms with E-state index in [2.05, 4.69) is 15.2 Å². The molecule has 1 aromatic heterocycles. The number of ether oxygens (including phenoxy) is 1. The number of aromatic amines is 1. The molecular formula is C29H33N3O5. The van der Waals surface area contributed by atoms with Crippen molar-refractivity contribution in [3.63, 3.8) is 0 Å². The number of aromatic nitrogens is 1. The molecule has 0 bridgehead atoms. The third-order valence-corrected chi connectivity index (χ3v) is 7.78.